The first-order chi connectivity index (χ1) is 6.16. The van der Waals surface area contributed by atoms with E-state index in [1.54, 1.807) is 0 Å². The van der Waals surface area contributed by atoms with Gasteiger partial charge in [0.15, 0.2) is 11.6 Å². The van der Waals surface area contributed by atoms with E-state index in [4.69, 9.17) is 11.0 Å². The zero-order valence-electron chi connectivity index (χ0n) is 6.76. The summed E-state index contributed by atoms with van der Waals surface area (Å²) in [7, 11) is 0. The van der Waals surface area contributed by atoms with E-state index in [0.29, 0.717) is 0 Å². The summed E-state index contributed by atoms with van der Waals surface area (Å²) in [6.07, 6.45) is 0.0337. The third-order valence-corrected chi connectivity index (χ3v) is 1.64. The number of benzene rings is 1. The zero-order valence-corrected chi connectivity index (χ0v) is 6.76. The first kappa shape index (κ1) is 9.88. The Balaban J connectivity index is 2.96. The average Bonchev–Trinajstić information content (AvgIpc) is 2.12. The predicted molar refractivity (Wildman–Crippen MR) is 41.9 cm³/mol. The summed E-state index contributed by atoms with van der Waals surface area (Å²) in [4.78, 5) is 4.20. The number of phenols is 1. The van der Waals surface area contributed by atoms with Crippen LogP contribution in [0.1, 0.15) is 5.56 Å². The molecule has 0 aliphatic rings. The van der Waals surface area contributed by atoms with Crippen molar-refractivity contribution in [3.8, 4) is 5.75 Å². The lowest BCUT2D eigenvalue weighted by atomic mass is 10.1. The van der Waals surface area contributed by atoms with E-state index in [1.807, 2.05) is 0 Å². The molecular formula is C8H9F2NO2. The highest BCUT2D eigenvalue weighted by molar-refractivity contribution is 5.34. The molecule has 0 saturated heterocycles. The summed E-state index contributed by atoms with van der Waals surface area (Å²) in [6, 6.07) is 1.95. The minimum absolute atomic E-state index is 0.0218. The summed E-state index contributed by atoms with van der Waals surface area (Å²) in [5, 5.41) is 9.14. The molecule has 3 nitrogen and oxygen atoms in total. The van der Waals surface area contributed by atoms with E-state index in [-0.39, 0.29) is 24.3 Å². The Bertz CT molecular complexity index is 304. The van der Waals surface area contributed by atoms with Crippen molar-refractivity contribution < 1.29 is 18.7 Å². The molecule has 0 spiro atoms. The number of rotatable bonds is 3. The fraction of sp³-hybridized carbons (Fsp3) is 0.250. The van der Waals surface area contributed by atoms with E-state index < -0.39 is 11.6 Å². The van der Waals surface area contributed by atoms with Gasteiger partial charge in [0.05, 0.1) is 6.61 Å². The summed E-state index contributed by atoms with van der Waals surface area (Å²) < 4.78 is 25.6. The summed E-state index contributed by atoms with van der Waals surface area (Å²) in [5.41, 5.74) is -0.120. The van der Waals surface area contributed by atoms with Crippen LogP contribution in [0.3, 0.4) is 0 Å². The maximum Gasteiger partial charge on any atom is 0.165 e. The fourth-order valence-corrected chi connectivity index (χ4v) is 0.981. The lowest BCUT2D eigenvalue weighted by molar-refractivity contribution is 0.140. The third kappa shape index (κ3) is 2.13. The molecule has 0 aliphatic carbocycles. The maximum absolute atomic E-state index is 13.0. The highest BCUT2D eigenvalue weighted by Gasteiger charge is 2.12. The molecular weight excluding hydrogens is 180 g/mol. The molecule has 0 radical (unpaired) electrons. The fourth-order valence-electron chi connectivity index (χ4n) is 0.981. The molecule has 0 amide bonds. The quantitative estimate of drug-likeness (QED) is 0.700. The van der Waals surface area contributed by atoms with Gasteiger partial charge in [-0.25, -0.2) is 14.7 Å². The van der Waals surface area contributed by atoms with Gasteiger partial charge in [-0.1, -0.05) is 0 Å². The summed E-state index contributed by atoms with van der Waals surface area (Å²) in [6.45, 7) is 0.0218. The van der Waals surface area contributed by atoms with Gasteiger partial charge in [0, 0.05) is 12.0 Å². The van der Waals surface area contributed by atoms with Crippen LogP contribution >= 0.6 is 0 Å². The molecule has 0 saturated carbocycles. The second kappa shape index (κ2) is 4.15. The zero-order chi connectivity index (χ0) is 9.84. The average molecular weight is 189 g/mol. The van der Waals surface area contributed by atoms with E-state index in [9.17, 15) is 8.78 Å². The lowest BCUT2D eigenvalue weighted by Crippen LogP contribution is -2.06. The van der Waals surface area contributed by atoms with Crippen LogP contribution < -0.4 is 5.90 Å². The molecule has 13 heavy (non-hydrogen) atoms. The Morgan fingerprint density at radius 3 is 2.69 bits per heavy atom. The molecule has 1 rings (SSSR count). The first-order valence-corrected chi connectivity index (χ1v) is 3.64. The van der Waals surface area contributed by atoms with Gasteiger partial charge in [0.2, 0.25) is 0 Å². The SMILES string of the molecule is NOCCc1c(O)ccc(F)c1F. The Morgan fingerprint density at radius 2 is 2.08 bits per heavy atom. The van der Waals surface area contributed by atoms with E-state index in [2.05, 4.69) is 4.84 Å². The van der Waals surface area contributed by atoms with Crippen molar-refractivity contribution in [1.29, 1.82) is 0 Å². The highest BCUT2D eigenvalue weighted by Crippen LogP contribution is 2.22. The molecule has 1 aromatic rings. The Hall–Kier alpha value is -1.20. The molecule has 0 aromatic heterocycles. The van der Waals surface area contributed by atoms with Crippen LogP contribution in [0.2, 0.25) is 0 Å². The van der Waals surface area contributed by atoms with Crippen LogP contribution in [0, 0.1) is 11.6 Å². The van der Waals surface area contributed by atoms with Gasteiger partial charge in [0.1, 0.15) is 5.75 Å². The lowest BCUT2D eigenvalue weighted by Gasteiger charge is -2.05. The highest BCUT2D eigenvalue weighted by atomic mass is 19.2. The van der Waals surface area contributed by atoms with Crippen LogP contribution in [0.5, 0.6) is 5.75 Å². The number of nitrogens with two attached hydrogens (primary N) is 1. The van der Waals surface area contributed by atoms with Gasteiger partial charge in [-0.3, -0.25) is 0 Å². The Labute approximate surface area is 73.7 Å². The topological polar surface area (TPSA) is 55.5 Å². The largest absolute Gasteiger partial charge is 0.508 e. The second-order valence-electron chi connectivity index (χ2n) is 2.48. The van der Waals surface area contributed by atoms with E-state index in [1.165, 1.54) is 0 Å². The Kier molecular flexibility index (Phi) is 3.16. The number of phenolic OH excluding ortho intramolecular Hbond substituents is 1. The van der Waals surface area contributed by atoms with Crippen LogP contribution in [-0.2, 0) is 11.3 Å². The van der Waals surface area contributed by atoms with Crippen LogP contribution in [0.4, 0.5) is 8.78 Å². The molecule has 0 atom stereocenters. The monoisotopic (exact) mass is 189 g/mol. The minimum atomic E-state index is -1.06. The molecule has 1 aromatic carbocycles. The van der Waals surface area contributed by atoms with Crippen molar-refractivity contribution in [2.75, 3.05) is 6.61 Å². The molecule has 72 valence electrons. The van der Waals surface area contributed by atoms with E-state index >= 15 is 0 Å². The van der Waals surface area contributed by atoms with Crippen molar-refractivity contribution in [3.63, 3.8) is 0 Å². The van der Waals surface area contributed by atoms with Gasteiger partial charge in [-0.2, -0.15) is 0 Å². The van der Waals surface area contributed by atoms with Crippen molar-refractivity contribution in [2.24, 2.45) is 5.90 Å². The van der Waals surface area contributed by atoms with Gasteiger partial charge >= 0.3 is 0 Å². The van der Waals surface area contributed by atoms with Crippen molar-refractivity contribution >= 4 is 0 Å². The molecule has 3 N–H and O–H groups in total. The third-order valence-electron chi connectivity index (χ3n) is 1.64. The smallest absolute Gasteiger partial charge is 0.165 e. The van der Waals surface area contributed by atoms with E-state index in [0.717, 1.165) is 12.1 Å². The second-order valence-corrected chi connectivity index (χ2v) is 2.48. The molecule has 0 unspecified atom stereocenters. The van der Waals surface area contributed by atoms with Crippen molar-refractivity contribution in [2.45, 2.75) is 6.42 Å². The van der Waals surface area contributed by atoms with Gasteiger partial charge < -0.3 is 9.94 Å². The number of hydrogen-bond donors (Lipinski definition) is 2. The van der Waals surface area contributed by atoms with Crippen LogP contribution in [0.15, 0.2) is 12.1 Å². The maximum atomic E-state index is 13.0. The number of hydrogen-bond acceptors (Lipinski definition) is 3. The molecule has 5 heteroatoms. The summed E-state index contributed by atoms with van der Waals surface area (Å²) >= 11 is 0. The molecule has 0 heterocycles. The standard InChI is InChI=1S/C8H9F2NO2/c9-6-1-2-7(12)5(8(6)10)3-4-13-11/h1-2,12H,3-4,11H2. The molecule has 0 aliphatic heterocycles. The van der Waals surface area contributed by atoms with Crippen LogP contribution in [0.25, 0.3) is 0 Å². The minimum Gasteiger partial charge on any atom is -0.508 e. The Morgan fingerprint density at radius 1 is 1.38 bits per heavy atom. The van der Waals surface area contributed by atoms with Gasteiger partial charge in [0.25, 0.3) is 0 Å². The number of aromatic hydroxyl groups is 1. The normalized spacial score (nSPS) is 10.4. The van der Waals surface area contributed by atoms with Crippen molar-refractivity contribution in [1.82, 2.24) is 0 Å². The van der Waals surface area contributed by atoms with Crippen molar-refractivity contribution in [3.05, 3.63) is 29.3 Å². The predicted octanol–water partition coefficient (Wildman–Crippen LogP) is 1.10. The van der Waals surface area contributed by atoms with Crippen LogP contribution in [-0.4, -0.2) is 11.7 Å². The van der Waals surface area contributed by atoms with Gasteiger partial charge in [-0.05, 0) is 12.1 Å². The van der Waals surface area contributed by atoms with Gasteiger partial charge in [-0.15, -0.1) is 0 Å². The first-order valence-electron chi connectivity index (χ1n) is 3.64. The molecule has 0 fully saturated rings. The number of halogens is 2. The summed E-state index contributed by atoms with van der Waals surface area (Å²) in [5.74, 6) is 2.37. The molecule has 0 bridgehead atoms.